The average molecular weight is 185 g/mol. The van der Waals surface area contributed by atoms with Crippen LogP contribution in [-0.4, -0.2) is 35.7 Å². The van der Waals surface area contributed by atoms with Gasteiger partial charge in [0.05, 0.1) is 5.60 Å². The Hall–Kier alpha value is -0.0800. The number of likely N-dealkylation sites (tertiary alicyclic amines) is 1. The van der Waals surface area contributed by atoms with Gasteiger partial charge in [-0.05, 0) is 38.3 Å². The molecule has 1 aliphatic rings. The third-order valence-electron chi connectivity index (χ3n) is 3.54. The smallest absolute Gasteiger partial charge is 0.0802 e. The Labute approximate surface area is 81.9 Å². The molecule has 0 amide bonds. The van der Waals surface area contributed by atoms with E-state index in [2.05, 4.69) is 32.7 Å². The molecule has 1 rings (SSSR count). The van der Waals surface area contributed by atoms with E-state index in [-0.39, 0.29) is 0 Å². The molecular formula is C11H23NO. The number of piperidine rings is 1. The van der Waals surface area contributed by atoms with Crippen molar-refractivity contribution in [2.75, 3.05) is 20.1 Å². The van der Waals surface area contributed by atoms with Crippen molar-refractivity contribution in [3.8, 4) is 0 Å². The molecule has 1 heterocycles. The summed E-state index contributed by atoms with van der Waals surface area (Å²) in [7, 11) is 2.09. The first-order valence-corrected chi connectivity index (χ1v) is 5.36. The molecule has 0 bridgehead atoms. The number of β-amino-alcohol motifs (C(OH)–C–C–N with tert-alkyl or cyclic N) is 1. The van der Waals surface area contributed by atoms with E-state index in [1.54, 1.807) is 0 Å². The van der Waals surface area contributed by atoms with Gasteiger partial charge in [-0.3, -0.25) is 0 Å². The molecule has 0 aromatic rings. The summed E-state index contributed by atoms with van der Waals surface area (Å²) in [5.74, 6) is 0.965. The molecule has 0 radical (unpaired) electrons. The Morgan fingerprint density at radius 2 is 1.92 bits per heavy atom. The van der Waals surface area contributed by atoms with Crippen LogP contribution in [0.3, 0.4) is 0 Å². The zero-order valence-corrected chi connectivity index (χ0v) is 9.38. The fourth-order valence-corrected chi connectivity index (χ4v) is 2.27. The number of hydrogen-bond donors (Lipinski definition) is 1. The van der Waals surface area contributed by atoms with Crippen LogP contribution in [0.2, 0.25) is 0 Å². The largest absolute Gasteiger partial charge is 0.388 e. The van der Waals surface area contributed by atoms with Crippen LogP contribution in [0.4, 0.5) is 0 Å². The zero-order chi connectivity index (χ0) is 10.1. The molecule has 0 spiro atoms. The molecule has 2 unspecified atom stereocenters. The summed E-state index contributed by atoms with van der Waals surface area (Å²) >= 11 is 0. The van der Waals surface area contributed by atoms with Crippen molar-refractivity contribution in [1.82, 2.24) is 4.90 Å². The van der Waals surface area contributed by atoms with E-state index in [9.17, 15) is 5.11 Å². The highest BCUT2D eigenvalue weighted by molar-refractivity contribution is 4.91. The molecule has 2 nitrogen and oxygen atoms in total. The number of hydrogen-bond acceptors (Lipinski definition) is 2. The lowest BCUT2D eigenvalue weighted by Crippen LogP contribution is -2.51. The molecular weight excluding hydrogens is 162 g/mol. The van der Waals surface area contributed by atoms with Crippen LogP contribution in [-0.2, 0) is 0 Å². The molecule has 0 aromatic heterocycles. The van der Waals surface area contributed by atoms with Gasteiger partial charge in [0.25, 0.3) is 0 Å². The van der Waals surface area contributed by atoms with Gasteiger partial charge in [-0.2, -0.15) is 0 Å². The van der Waals surface area contributed by atoms with E-state index in [4.69, 9.17) is 0 Å². The second kappa shape index (κ2) is 3.97. The molecule has 2 heteroatoms. The second-order valence-electron chi connectivity index (χ2n) is 4.98. The van der Waals surface area contributed by atoms with Gasteiger partial charge >= 0.3 is 0 Å². The van der Waals surface area contributed by atoms with Crippen molar-refractivity contribution in [1.29, 1.82) is 0 Å². The van der Waals surface area contributed by atoms with Crippen molar-refractivity contribution in [3.05, 3.63) is 0 Å². The molecule has 1 fully saturated rings. The summed E-state index contributed by atoms with van der Waals surface area (Å²) in [4.78, 5) is 2.24. The van der Waals surface area contributed by atoms with E-state index in [0.29, 0.717) is 11.8 Å². The van der Waals surface area contributed by atoms with E-state index in [1.807, 2.05) is 0 Å². The van der Waals surface area contributed by atoms with Crippen LogP contribution >= 0.6 is 0 Å². The van der Waals surface area contributed by atoms with Gasteiger partial charge in [-0.15, -0.1) is 0 Å². The van der Waals surface area contributed by atoms with Gasteiger partial charge in [0.15, 0.2) is 0 Å². The fraction of sp³-hybridized carbons (Fsp3) is 1.00. The molecule has 0 aromatic carbocycles. The topological polar surface area (TPSA) is 23.5 Å². The van der Waals surface area contributed by atoms with Crippen LogP contribution in [0.15, 0.2) is 0 Å². The molecule has 0 aliphatic carbocycles. The highest BCUT2D eigenvalue weighted by Gasteiger charge is 2.38. The first-order chi connectivity index (χ1) is 5.96. The third-order valence-corrected chi connectivity index (χ3v) is 3.54. The van der Waals surface area contributed by atoms with Crippen molar-refractivity contribution in [2.45, 2.75) is 39.2 Å². The van der Waals surface area contributed by atoms with E-state index in [1.165, 1.54) is 0 Å². The zero-order valence-electron chi connectivity index (χ0n) is 9.38. The van der Waals surface area contributed by atoms with Crippen LogP contribution in [0.5, 0.6) is 0 Å². The monoisotopic (exact) mass is 185 g/mol. The molecule has 0 saturated carbocycles. The fourth-order valence-electron chi connectivity index (χ4n) is 2.27. The molecule has 1 aliphatic heterocycles. The third kappa shape index (κ3) is 2.44. The first-order valence-electron chi connectivity index (χ1n) is 5.36. The quantitative estimate of drug-likeness (QED) is 0.708. The summed E-state index contributed by atoms with van der Waals surface area (Å²) in [5, 5.41) is 10.4. The lowest BCUT2D eigenvalue weighted by atomic mass is 9.76. The normalized spacial score (nSPS) is 33.7. The van der Waals surface area contributed by atoms with Gasteiger partial charge in [-0.25, -0.2) is 0 Å². The highest BCUT2D eigenvalue weighted by Crippen LogP contribution is 2.32. The summed E-state index contributed by atoms with van der Waals surface area (Å²) in [5.41, 5.74) is -0.443. The predicted molar refractivity (Wildman–Crippen MR) is 55.7 cm³/mol. The Morgan fingerprint density at radius 3 is 2.38 bits per heavy atom. The SMILES string of the molecule is CC(C)C(C)C1(O)CCCN(C)C1. The lowest BCUT2D eigenvalue weighted by Gasteiger charge is -2.43. The number of rotatable bonds is 2. The predicted octanol–water partition coefficient (Wildman–Crippen LogP) is 1.74. The Balaban J connectivity index is 2.63. The average Bonchev–Trinajstić information content (AvgIpc) is 2.02. The van der Waals surface area contributed by atoms with Crippen molar-refractivity contribution in [2.24, 2.45) is 11.8 Å². The molecule has 78 valence electrons. The Morgan fingerprint density at radius 1 is 1.31 bits per heavy atom. The van der Waals surface area contributed by atoms with E-state index in [0.717, 1.165) is 25.9 Å². The second-order valence-corrected chi connectivity index (χ2v) is 4.98. The molecule has 2 atom stereocenters. The van der Waals surface area contributed by atoms with Crippen molar-refractivity contribution >= 4 is 0 Å². The summed E-state index contributed by atoms with van der Waals surface area (Å²) in [6.07, 6.45) is 2.10. The number of nitrogens with zero attached hydrogens (tertiary/aromatic N) is 1. The minimum atomic E-state index is -0.443. The Bertz CT molecular complexity index is 169. The minimum Gasteiger partial charge on any atom is -0.388 e. The maximum Gasteiger partial charge on any atom is 0.0802 e. The Kier molecular flexibility index (Phi) is 3.36. The molecule has 13 heavy (non-hydrogen) atoms. The number of aliphatic hydroxyl groups is 1. The van der Waals surface area contributed by atoms with Crippen LogP contribution in [0.25, 0.3) is 0 Å². The van der Waals surface area contributed by atoms with Crippen molar-refractivity contribution in [3.63, 3.8) is 0 Å². The van der Waals surface area contributed by atoms with Gasteiger partial charge in [0, 0.05) is 6.54 Å². The maximum atomic E-state index is 10.4. The van der Waals surface area contributed by atoms with Gasteiger partial charge < -0.3 is 10.0 Å². The highest BCUT2D eigenvalue weighted by atomic mass is 16.3. The standard InChI is InChI=1S/C11H23NO/c1-9(2)10(3)11(13)6-5-7-12(4)8-11/h9-10,13H,5-8H2,1-4H3. The maximum absolute atomic E-state index is 10.4. The molecule has 1 N–H and O–H groups in total. The molecule has 1 saturated heterocycles. The van der Waals surface area contributed by atoms with Crippen LogP contribution in [0, 0.1) is 11.8 Å². The van der Waals surface area contributed by atoms with Gasteiger partial charge in [0.2, 0.25) is 0 Å². The summed E-state index contributed by atoms with van der Waals surface area (Å²) in [6.45, 7) is 8.53. The number of likely N-dealkylation sites (N-methyl/N-ethyl adjacent to an activating group) is 1. The van der Waals surface area contributed by atoms with Crippen molar-refractivity contribution < 1.29 is 5.11 Å². The van der Waals surface area contributed by atoms with E-state index < -0.39 is 5.60 Å². The lowest BCUT2D eigenvalue weighted by molar-refractivity contribution is -0.0766. The summed E-state index contributed by atoms with van der Waals surface area (Å²) in [6, 6.07) is 0. The van der Waals surface area contributed by atoms with Gasteiger partial charge in [0.1, 0.15) is 0 Å². The minimum absolute atomic E-state index is 0.398. The first kappa shape index (κ1) is 11.0. The summed E-state index contributed by atoms with van der Waals surface area (Å²) < 4.78 is 0. The van der Waals surface area contributed by atoms with E-state index >= 15 is 0 Å². The van der Waals surface area contributed by atoms with Gasteiger partial charge in [-0.1, -0.05) is 20.8 Å². The van der Waals surface area contributed by atoms with Crippen LogP contribution in [0.1, 0.15) is 33.6 Å². The van der Waals surface area contributed by atoms with Crippen LogP contribution < -0.4 is 0 Å².